The first-order valence-corrected chi connectivity index (χ1v) is 7.32. The summed E-state index contributed by atoms with van der Waals surface area (Å²) in [5.74, 6) is 1.44. The van der Waals surface area contributed by atoms with Gasteiger partial charge in [-0.05, 0) is 26.3 Å². The lowest BCUT2D eigenvalue weighted by Gasteiger charge is -2.33. The molecule has 20 heavy (non-hydrogen) atoms. The molecule has 3 rings (SSSR count). The fourth-order valence-electron chi connectivity index (χ4n) is 2.68. The molecule has 1 atom stereocenters. The highest BCUT2D eigenvalue weighted by atomic mass is 35.5. The average molecular weight is 296 g/mol. The smallest absolute Gasteiger partial charge is 0.243 e. The van der Waals surface area contributed by atoms with Crippen LogP contribution in [0.1, 0.15) is 37.0 Å². The third-order valence-corrected chi connectivity index (χ3v) is 3.86. The van der Waals surface area contributed by atoms with Gasteiger partial charge in [0.2, 0.25) is 5.89 Å². The van der Waals surface area contributed by atoms with E-state index in [2.05, 4.69) is 20.1 Å². The molecule has 0 radical (unpaired) electrons. The Morgan fingerprint density at radius 2 is 2.30 bits per heavy atom. The number of aromatic nitrogens is 4. The number of aryl methyl sites for hydroxylation is 1. The summed E-state index contributed by atoms with van der Waals surface area (Å²) in [5.41, 5.74) is 0. The van der Waals surface area contributed by atoms with Crippen molar-refractivity contribution in [2.75, 3.05) is 13.1 Å². The van der Waals surface area contributed by atoms with Crippen LogP contribution in [0.5, 0.6) is 0 Å². The quantitative estimate of drug-likeness (QED) is 0.867. The van der Waals surface area contributed by atoms with E-state index in [9.17, 15) is 0 Å². The van der Waals surface area contributed by atoms with Gasteiger partial charge in [-0.15, -0.1) is 0 Å². The van der Waals surface area contributed by atoms with E-state index in [0.717, 1.165) is 31.9 Å². The largest absolute Gasteiger partial charge is 0.338 e. The molecule has 1 saturated heterocycles. The second kappa shape index (κ2) is 5.93. The van der Waals surface area contributed by atoms with Gasteiger partial charge >= 0.3 is 0 Å². The molecule has 0 aliphatic carbocycles. The maximum atomic E-state index is 5.88. The molecule has 0 bridgehead atoms. The van der Waals surface area contributed by atoms with E-state index in [0.29, 0.717) is 10.8 Å². The first-order valence-electron chi connectivity index (χ1n) is 6.94. The van der Waals surface area contributed by atoms with Crippen molar-refractivity contribution >= 4 is 11.6 Å². The van der Waals surface area contributed by atoms with Gasteiger partial charge in [0.05, 0.1) is 23.8 Å². The average Bonchev–Trinajstić information content (AvgIpc) is 3.06. The number of rotatable bonds is 4. The van der Waals surface area contributed by atoms with Crippen molar-refractivity contribution in [3.8, 4) is 0 Å². The summed E-state index contributed by atoms with van der Waals surface area (Å²) in [6.45, 7) is 4.63. The molecular formula is C13H18ClN5O. The normalized spacial score (nSPS) is 20.4. The Hall–Kier alpha value is -1.40. The lowest BCUT2D eigenvalue weighted by Crippen LogP contribution is -2.36. The second-order valence-corrected chi connectivity index (χ2v) is 5.59. The number of likely N-dealkylation sites (tertiary alicyclic amines) is 1. The van der Waals surface area contributed by atoms with Gasteiger partial charge in [-0.2, -0.15) is 10.1 Å². The van der Waals surface area contributed by atoms with E-state index in [-0.39, 0.29) is 6.04 Å². The van der Waals surface area contributed by atoms with Crippen LogP contribution in [0, 0.1) is 6.92 Å². The molecule has 0 spiro atoms. The van der Waals surface area contributed by atoms with E-state index in [1.807, 2.05) is 17.8 Å². The second-order valence-electron chi connectivity index (χ2n) is 5.15. The van der Waals surface area contributed by atoms with Crippen molar-refractivity contribution in [3.63, 3.8) is 0 Å². The first kappa shape index (κ1) is 13.6. The number of hydrogen-bond acceptors (Lipinski definition) is 5. The summed E-state index contributed by atoms with van der Waals surface area (Å²) in [7, 11) is 0. The van der Waals surface area contributed by atoms with Gasteiger partial charge in [-0.1, -0.05) is 23.2 Å². The summed E-state index contributed by atoms with van der Waals surface area (Å²) in [4.78, 5) is 6.78. The molecular weight excluding hydrogens is 278 g/mol. The van der Waals surface area contributed by atoms with Gasteiger partial charge in [0.25, 0.3) is 0 Å². The molecule has 1 aliphatic rings. The van der Waals surface area contributed by atoms with Crippen LogP contribution in [0.4, 0.5) is 0 Å². The molecule has 0 N–H and O–H groups in total. The number of piperidine rings is 1. The molecule has 3 heterocycles. The molecule has 108 valence electrons. The van der Waals surface area contributed by atoms with Crippen LogP contribution in [-0.4, -0.2) is 37.9 Å². The zero-order valence-electron chi connectivity index (χ0n) is 11.5. The third-order valence-electron chi connectivity index (χ3n) is 3.66. The van der Waals surface area contributed by atoms with Gasteiger partial charge in [-0.25, -0.2) is 0 Å². The predicted octanol–water partition coefficient (Wildman–Crippen LogP) is 2.46. The van der Waals surface area contributed by atoms with E-state index in [4.69, 9.17) is 16.1 Å². The Kier molecular flexibility index (Phi) is 4.03. The van der Waals surface area contributed by atoms with Gasteiger partial charge in [0.1, 0.15) is 0 Å². The predicted molar refractivity (Wildman–Crippen MR) is 74.4 cm³/mol. The molecule has 1 aliphatic heterocycles. The van der Waals surface area contributed by atoms with E-state index in [1.54, 1.807) is 6.20 Å². The van der Waals surface area contributed by atoms with Crippen LogP contribution >= 0.6 is 11.6 Å². The van der Waals surface area contributed by atoms with Crippen LogP contribution in [0.3, 0.4) is 0 Å². The SMILES string of the molecule is Cc1noc([C@H]2CCCCN2CCn2cc(Cl)cn2)n1. The summed E-state index contributed by atoms with van der Waals surface area (Å²) >= 11 is 5.88. The Balaban J connectivity index is 1.66. The maximum absolute atomic E-state index is 5.88. The molecule has 2 aromatic heterocycles. The summed E-state index contributed by atoms with van der Waals surface area (Å²) < 4.78 is 7.21. The lowest BCUT2D eigenvalue weighted by atomic mass is 10.0. The topological polar surface area (TPSA) is 60.0 Å². The Labute approximate surface area is 122 Å². The monoisotopic (exact) mass is 295 g/mol. The minimum atomic E-state index is 0.232. The van der Waals surface area contributed by atoms with Crippen LogP contribution in [-0.2, 0) is 6.54 Å². The van der Waals surface area contributed by atoms with Gasteiger partial charge in [0, 0.05) is 12.7 Å². The summed E-state index contributed by atoms with van der Waals surface area (Å²) in [6.07, 6.45) is 7.00. The highest BCUT2D eigenvalue weighted by Gasteiger charge is 2.28. The summed E-state index contributed by atoms with van der Waals surface area (Å²) in [5, 5.41) is 8.78. The van der Waals surface area contributed by atoms with Crippen molar-refractivity contribution < 1.29 is 4.52 Å². The van der Waals surface area contributed by atoms with Gasteiger partial charge < -0.3 is 4.52 Å². The van der Waals surface area contributed by atoms with Crippen LogP contribution in [0.2, 0.25) is 5.02 Å². The molecule has 2 aromatic rings. The Bertz CT molecular complexity index is 567. The molecule has 0 aromatic carbocycles. The third kappa shape index (κ3) is 3.02. The molecule has 0 unspecified atom stereocenters. The van der Waals surface area contributed by atoms with Gasteiger partial charge in [0.15, 0.2) is 5.82 Å². The first-order chi connectivity index (χ1) is 9.72. The zero-order chi connectivity index (χ0) is 13.9. The molecule has 1 fully saturated rings. The maximum Gasteiger partial charge on any atom is 0.243 e. The summed E-state index contributed by atoms with van der Waals surface area (Å²) in [6, 6.07) is 0.232. The Morgan fingerprint density at radius 1 is 1.40 bits per heavy atom. The number of halogens is 1. The lowest BCUT2D eigenvalue weighted by molar-refractivity contribution is 0.113. The van der Waals surface area contributed by atoms with E-state index < -0.39 is 0 Å². The highest BCUT2D eigenvalue weighted by Crippen LogP contribution is 2.29. The fraction of sp³-hybridized carbons (Fsp3) is 0.615. The highest BCUT2D eigenvalue weighted by molar-refractivity contribution is 6.30. The van der Waals surface area contributed by atoms with Crippen LogP contribution in [0.25, 0.3) is 0 Å². The van der Waals surface area contributed by atoms with Crippen molar-refractivity contribution in [3.05, 3.63) is 29.1 Å². The molecule has 6 nitrogen and oxygen atoms in total. The van der Waals surface area contributed by atoms with E-state index in [1.165, 1.54) is 12.8 Å². The van der Waals surface area contributed by atoms with Crippen LogP contribution < -0.4 is 0 Å². The Morgan fingerprint density at radius 3 is 3.00 bits per heavy atom. The molecule has 0 amide bonds. The van der Waals surface area contributed by atoms with Crippen molar-refractivity contribution in [1.82, 2.24) is 24.8 Å². The van der Waals surface area contributed by atoms with Crippen molar-refractivity contribution in [2.24, 2.45) is 0 Å². The number of nitrogens with zero attached hydrogens (tertiary/aromatic N) is 5. The zero-order valence-corrected chi connectivity index (χ0v) is 12.3. The minimum Gasteiger partial charge on any atom is -0.338 e. The van der Waals surface area contributed by atoms with E-state index >= 15 is 0 Å². The van der Waals surface area contributed by atoms with Gasteiger partial charge in [-0.3, -0.25) is 9.58 Å². The number of hydrogen-bond donors (Lipinski definition) is 0. The minimum absolute atomic E-state index is 0.232. The van der Waals surface area contributed by atoms with Crippen molar-refractivity contribution in [1.29, 1.82) is 0 Å². The van der Waals surface area contributed by atoms with Crippen molar-refractivity contribution in [2.45, 2.75) is 38.8 Å². The molecule has 7 heteroatoms. The van der Waals surface area contributed by atoms with Crippen LogP contribution in [0.15, 0.2) is 16.9 Å². The molecule has 0 saturated carbocycles. The fourth-order valence-corrected chi connectivity index (χ4v) is 2.83. The standard InChI is InChI=1S/C13H18ClN5O/c1-10-16-13(20-17-10)12-4-2-3-5-18(12)6-7-19-9-11(14)8-15-19/h8-9,12H,2-7H2,1H3/t12-/m1/s1.